The first-order chi connectivity index (χ1) is 9.60. The van der Waals surface area contributed by atoms with E-state index in [2.05, 4.69) is 15.9 Å². The van der Waals surface area contributed by atoms with Gasteiger partial charge in [-0.05, 0) is 42.8 Å². The van der Waals surface area contributed by atoms with Gasteiger partial charge in [0.1, 0.15) is 11.6 Å². The van der Waals surface area contributed by atoms with Crippen LogP contribution in [0, 0.1) is 5.82 Å². The normalized spacial score (nSPS) is 10.6. The third kappa shape index (κ3) is 3.90. The molecule has 20 heavy (non-hydrogen) atoms. The number of thioether (sulfide) groups is 1. The van der Waals surface area contributed by atoms with Crippen LogP contribution < -0.4 is 10.5 Å². The summed E-state index contributed by atoms with van der Waals surface area (Å²) < 4.78 is 19.9. The smallest absolute Gasteiger partial charge is 0.128 e. The molecule has 0 fully saturated rings. The molecule has 2 N–H and O–H groups in total. The molecule has 0 atom stereocenters. The van der Waals surface area contributed by atoms with E-state index < -0.39 is 0 Å². The quantitative estimate of drug-likeness (QED) is 0.614. The zero-order chi connectivity index (χ0) is 14.5. The van der Waals surface area contributed by atoms with E-state index in [0.717, 1.165) is 15.1 Å². The van der Waals surface area contributed by atoms with Gasteiger partial charge >= 0.3 is 0 Å². The number of anilines is 1. The Labute approximate surface area is 130 Å². The van der Waals surface area contributed by atoms with Gasteiger partial charge in [0, 0.05) is 20.8 Å². The van der Waals surface area contributed by atoms with Crippen molar-refractivity contribution in [1.82, 2.24) is 0 Å². The Morgan fingerprint density at radius 1 is 1.25 bits per heavy atom. The van der Waals surface area contributed by atoms with E-state index >= 15 is 0 Å². The first-order valence-corrected chi connectivity index (χ1v) is 7.97. The zero-order valence-electron chi connectivity index (χ0n) is 11.0. The van der Waals surface area contributed by atoms with Crippen LogP contribution in [0.25, 0.3) is 0 Å². The van der Waals surface area contributed by atoms with E-state index in [1.807, 2.05) is 31.2 Å². The topological polar surface area (TPSA) is 35.2 Å². The third-order valence-corrected chi connectivity index (χ3v) is 4.31. The van der Waals surface area contributed by atoms with Gasteiger partial charge in [-0.3, -0.25) is 0 Å². The maximum Gasteiger partial charge on any atom is 0.128 e. The van der Waals surface area contributed by atoms with Crippen molar-refractivity contribution >= 4 is 33.4 Å². The average molecular weight is 356 g/mol. The summed E-state index contributed by atoms with van der Waals surface area (Å²) in [5.41, 5.74) is 7.26. The molecule has 0 aliphatic rings. The van der Waals surface area contributed by atoms with Crippen LogP contribution in [0.2, 0.25) is 0 Å². The largest absolute Gasteiger partial charge is 0.494 e. The number of ether oxygens (including phenoxy) is 1. The molecule has 2 rings (SSSR count). The zero-order valence-corrected chi connectivity index (χ0v) is 13.4. The molecule has 0 spiro atoms. The summed E-state index contributed by atoms with van der Waals surface area (Å²) in [5.74, 6) is 1.09. The van der Waals surface area contributed by atoms with Crippen molar-refractivity contribution in [1.29, 1.82) is 0 Å². The summed E-state index contributed by atoms with van der Waals surface area (Å²) in [7, 11) is 0. The minimum atomic E-state index is -0.216. The minimum absolute atomic E-state index is 0.216. The molecular weight excluding hydrogens is 341 g/mol. The van der Waals surface area contributed by atoms with E-state index in [-0.39, 0.29) is 5.82 Å². The second kappa shape index (κ2) is 6.99. The van der Waals surface area contributed by atoms with E-state index in [0.29, 0.717) is 23.6 Å². The second-order valence-corrected chi connectivity index (χ2v) is 6.09. The number of hydrogen-bond acceptors (Lipinski definition) is 3. The summed E-state index contributed by atoms with van der Waals surface area (Å²) >= 11 is 4.75. The molecule has 0 amide bonds. The van der Waals surface area contributed by atoms with Crippen LogP contribution in [0.1, 0.15) is 12.5 Å². The lowest BCUT2D eigenvalue weighted by Crippen LogP contribution is -1.95. The highest BCUT2D eigenvalue weighted by atomic mass is 79.9. The summed E-state index contributed by atoms with van der Waals surface area (Å²) in [5, 5.41) is 0. The lowest BCUT2D eigenvalue weighted by atomic mass is 10.2. The number of rotatable bonds is 5. The predicted octanol–water partition coefficient (Wildman–Crippen LogP) is 4.86. The van der Waals surface area contributed by atoms with Crippen molar-refractivity contribution in [2.75, 3.05) is 12.3 Å². The Balaban J connectivity index is 2.11. The SMILES string of the molecule is CCOc1ccc(N)c(SCc2ccc(Br)cc2F)c1. The van der Waals surface area contributed by atoms with E-state index in [1.54, 1.807) is 6.07 Å². The molecule has 2 nitrogen and oxygen atoms in total. The van der Waals surface area contributed by atoms with Crippen LogP contribution in [0.4, 0.5) is 10.1 Å². The van der Waals surface area contributed by atoms with Gasteiger partial charge < -0.3 is 10.5 Å². The van der Waals surface area contributed by atoms with E-state index in [9.17, 15) is 4.39 Å². The van der Waals surface area contributed by atoms with Gasteiger partial charge in [-0.1, -0.05) is 22.0 Å². The van der Waals surface area contributed by atoms with Gasteiger partial charge in [0.05, 0.1) is 6.61 Å². The van der Waals surface area contributed by atoms with Crippen molar-refractivity contribution in [3.63, 3.8) is 0 Å². The fraction of sp³-hybridized carbons (Fsp3) is 0.200. The molecule has 2 aromatic rings. The van der Waals surface area contributed by atoms with Crippen molar-refractivity contribution in [3.05, 3.63) is 52.3 Å². The average Bonchev–Trinajstić information content (AvgIpc) is 2.41. The Morgan fingerprint density at radius 3 is 2.75 bits per heavy atom. The van der Waals surface area contributed by atoms with Crippen molar-refractivity contribution in [2.24, 2.45) is 0 Å². The van der Waals surface area contributed by atoms with Crippen LogP contribution in [0.3, 0.4) is 0 Å². The van der Waals surface area contributed by atoms with Gasteiger partial charge in [0.25, 0.3) is 0 Å². The maximum absolute atomic E-state index is 13.8. The Kier molecular flexibility index (Phi) is 5.31. The van der Waals surface area contributed by atoms with Gasteiger partial charge in [0.2, 0.25) is 0 Å². The van der Waals surface area contributed by atoms with Gasteiger partial charge in [-0.15, -0.1) is 11.8 Å². The standard InChI is InChI=1S/C15H15BrFNOS/c1-2-19-12-5-6-14(18)15(8-12)20-9-10-3-4-11(16)7-13(10)17/h3-8H,2,9,18H2,1H3. The fourth-order valence-electron chi connectivity index (χ4n) is 1.69. The highest BCUT2D eigenvalue weighted by molar-refractivity contribution is 9.10. The highest BCUT2D eigenvalue weighted by Crippen LogP contribution is 2.32. The van der Waals surface area contributed by atoms with Crippen LogP contribution in [0.15, 0.2) is 45.8 Å². The summed E-state index contributed by atoms with van der Waals surface area (Å²) in [6, 6.07) is 10.6. The maximum atomic E-state index is 13.8. The first-order valence-electron chi connectivity index (χ1n) is 6.19. The molecule has 5 heteroatoms. The molecule has 0 aromatic heterocycles. The molecule has 2 aromatic carbocycles. The van der Waals surface area contributed by atoms with Crippen molar-refractivity contribution in [2.45, 2.75) is 17.6 Å². The Morgan fingerprint density at radius 2 is 2.05 bits per heavy atom. The monoisotopic (exact) mass is 355 g/mol. The highest BCUT2D eigenvalue weighted by Gasteiger charge is 2.07. The van der Waals surface area contributed by atoms with Crippen molar-refractivity contribution in [3.8, 4) is 5.75 Å². The summed E-state index contributed by atoms with van der Waals surface area (Å²) in [4.78, 5) is 0.901. The minimum Gasteiger partial charge on any atom is -0.494 e. The number of nitrogen functional groups attached to an aromatic ring is 1. The van der Waals surface area contributed by atoms with Gasteiger partial charge in [0.15, 0.2) is 0 Å². The molecule has 0 saturated carbocycles. The lowest BCUT2D eigenvalue weighted by Gasteiger charge is -2.09. The number of hydrogen-bond donors (Lipinski definition) is 1. The molecule has 0 saturated heterocycles. The van der Waals surface area contributed by atoms with E-state index in [1.165, 1.54) is 17.8 Å². The van der Waals surface area contributed by atoms with Crippen LogP contribution in [0.5, 0.6) is 5.75 Å². The molecule has 0 aliphatic carbocycles. The lowest BCUT2D eigenvalue weighted by molar-refractivity contribution is 0.339. The number of nitrogens with two attached hydrogens (primary N) is 1. The van der Waals surface area contributed by atoms with Crippen LogP contribution >= 0.6 is 27.7 Å². The first kappa shape index (κ1) is 15.2. The fourth-order valence-corrected chi connectivity index (χ4v) is 3.00. The molecule has 0 bridgehead atoms. The number of halogens is 2. The van der Waals surface area contributed by atoms with Gasteiger partial charge in [-0.2, -0.15) is 0 Å². The molecule has 106 valence electrons. The second-order valence-electron chi connectivity index (χ2n) is 4.16. The molecular formula is C15H15BrFNOS. The summed E-state index contributed by atoms with van der Waals surface area (Å²) in [6.07, 6.45) is 0. The Bertz CT molecular complexity index is 606. The third-order valence-electron chi connectivity index (χ3n) is 2.69. The predicted molar refractivity (Wildman–Crippen MR) is 85.7 cm³/mol. The number of benzene rings is 2. The van der Waals surface area contributed by atoms with Crippen molar-refractivity contribution < 1.29 is 9.13 Å². The van der Waals surface area contributed by atoms with E-state index in [4.69, 9.17) is 10.5 Å². The Hall–Kier alpha value is -1.20. The molecule has 0 heterocycles. The molecule has 0 aliphatic heterocycles. The van der Waals surface area contributed by atoms with Crippen LogP contribution in [-0.4, -0.2) is 6.61 Å². The molecule has 0 unspecified atom stereocenters. The van der Waals surface area contributed by atoms with Gasteiger partial charge in [-0.25, -0.2) is 4.39 Å². The van der Waals surface area contributed by atoms with Crippen LogP contribution in [-0.2, 0) is 5.75 Å². The summed E-state index contributed by atoms with van der Waals surface area (Å²) in [6.45, 7) is 2.54. The molecule has 0 radical (unpaired) electrons.